The first-order chi connectivity index (χ1) is 9.47. The maximum Gasteiger partial charge on any atom is 0.255 e. The fraction of sp³-hybridized carbons (Fsp3) is 0.0714. The number of hydrogen-bond donors (Lipinski definition) is 2. The highest BCUT2D eigenvalue weighted by Gasteiger charge is 2.15. The molecule has 3 nitrogen and oxygen atoms in total. The van der Waals surface area contributed by atoms with Crippen molar-refractivity contribution in [1.82, 2.24) is 5.32 Å². The summed E-state index contributed by atoms with van der Waals surface area (Å²) in [5.41, 5.74) is 6.89. The van der Waals surface area contributed by atoms with Crippen molar-refractivity contribution in [3.63, 3.8) is 0 Å². The van der Waals surface area contributed by atoms with Gasteiger partial charge in [0.1, 0.15) is 5.82 Å². The monoisotopic (exact) mass is 312 g/mol. The van der Waals surface area contributed by atoms with Crippen LogP contribution in [-0.2, 0) is 6.54 Å². The van der Waals surface area contributed by atoms with E-state index >= 15 is 0 Å². The van der Waals surface area contributed by atoms with Gasteiger partial charge >= 0.3 is 0 Å². The maximum absolute atomic E-state index is 12.8. The van der Waals surface area contributed by atoms with Crippen LogP contribution in [0.15, 0.2) is 36.4 Å². The number of rotatable bonds is 3. The summed E-state index contributed by atoms with van der Waals surface area (Å²) in [6.45, 7) is 0.248. The topological polar surface area (TPSA) is 55.1 Å². The van der Waals surface area contributed by atoms with E-state index in [1.807, 2.05) is 0 Å². The predicted octanol–water partition coefficient (Wildman–Crippen LogP) is 3.64. The van der Waals surface area contributed by atoms with E-state index in [0.717, 1.165) is 5.56 Å². The molecule has 0 saturated heterocycles. The van der Waals surface area contributed by atoms with Gasteiger partial charge in [-0.25, -0.2) is 4.39 Å². The van der Waals surface area contributed by atoms with Gasteiger partial charge in [0, 0.05) is 17.3 Å². The van der Waals surface area contributed by atoms with Crippen molar-refractivity contribution in [2.24, 2.45) is 0 Å². The second-order valence-corrected chi connectivity index (χ2v) is 5.00. The fourth-order valence-electron chi connectivity index (χ4n) is 1.71. The highest BCUT2D eigenvalue weighted by Crippen LogP contribution is 2.27. The Morgan fingerprint density at radius 2 is 1.85 bits per heavy atom. The number of carbonyl (C=O) groups is 1. The molecule has 0 aromatic heterocycles. The Hall–Kier alpha value is -1.78. The van der Waals surface area contributed by atoms with E-state index in [2.05, 4.69) is 5.32 Å². The highest BCUT2D eigenvalue weighted by molar-refractivity contribution is 6.37. The number of hydrogen-bond acceptors (Lipinski definition) is 2. The summed E-state index contributed by atoms with van der Waals surface area (Å²) in [4.78, 5) is 12.0. The Labute approximate surface area is 125 Å². The molecule has 1 amide bonds. The van der Waals surface area contributed by atoms with Gasteiger partial charge in [0.25, 0.3) is 5.91 Å². The quantitative estimate of drug-likeness (QED) is 0.850. The summed E-state index contributed by atoms with van der Waals surface area (Å²) < 4.78 is 12.8. The van der Waals surface area contributed by atoms with Crippen molar-refractivity contribution in [2.45, 2.75) is 6.54 Å². The van der Waals surface area contributed by atoms with Crippen LogP contribution >= 0.6 is 23.2 Å². The van der Waals surface area contributed by atoms with Crippen molar-refractivity contribution in [1.29, 1.82) is 0 Å². The molecule has 6 heteroatoms. The van der Waals surface area contributed by atoms with Gasteiger partial charge in [0.05, 0.1) is 10.6 Å². The van der Waals surface area contributed by atoms with Crippen LogP contribution < -0.4 is 11.1 Å². The Bertz CT molecular complexity index is 621. The largest absolute Gasteiger partial charge is 0.398 e. The first-order valence-electron chi connectivity index (χ1n) is 5.74. The number of carbonyl (C=O) groups excluding carboxylic acids is 1. The van der Waals surface area contributed by atoms with Crippen LogP contribution in [0.5, 0.6) is 0 Å². The third kappa shape index (κ3) is 3.40. The highest BCUT2D eigenvalue weighted by atomic mass is 35.5. The smallest absolute Gasteiger partial charge is 0.255 e. The second kappa shape index (κ2) is 6.11. The molecule has 2 rings (SSSR count). The van der Waals surface area contributed by atoms with Crippen LogP contribution in [-0.4, -0.2) is 5.91 Å². The van der Waals surface area contributed by atoms with Gasteiger partial charge < -0.3 is 11.1 Å². The van der Waals surface area contributed by atoms with Crippen molar-refractivity contribution in [2.75, 3.05) is 5.73 Å². The zero-order chi connectivity index (χ0) is 14.7. The van der Waals surface area contributed by atoms with Gasteiger partial charge in [-0.05, 0) is 29.8 Å². The Morgan fingerprint density at radius 1 is 1.20 bits per heavy atom. The van der Waals surface area contributed by atoms with E-state index in [0.29, 0.717) is 5.02 Å². The van der Waals surface area contributed by atoms with Crippen LogP contribution in [0, 0.1) is 5.82 Å². The summed E-state index contributed by atoms with van der Waals surface area (Å²) >= 11 is 11.7. The standard InChI is InChI=1S/C14H11Cl2FN2O/c15-9-5-11(16)13(12(18)6-9)14(20)19-7-8-1-3-10(17)4-2-8/h1-6H,7,18H2,(H,19,20). The molecule has 0 spiro atoms. The maximum atomic E-state index is 12.8. The molecule has 3 N–H and O–H groups in total. The van der Waals surface area contributed by atoms with Gasteiger partial charge in [0.15, 0.2) is 0 Å². The molecule has 0 aliphatic rings. The van der Waals surface area contributed by atoms with Gasteiger partial charge in [-0.1, -0.05) is 35.3 Å². The summed E-state index contributed by atoms with van der Waals surface area (Å²) in [6, 6.07) is 8.73. The lowest BCUT2D eigenvalue weighted by Crippen LogP contribution is -2.24. The summed E-state index contributed by atoms with van der Waals surface area (Å²) in [7, 11) is 0. The third-order valence-electron chi connectivity index (χ3n) is 2.68. The summed E-state index contributed by atoms with van der Waals surface area (Å²) in [5, 5.41) is 3.22. The number of nitrogens with two attached hydrogens (primary N) is 1. The fourth-order valence-corrected chi connectivity index (χ4v) is 2.30. The number of benzene rings is 2. The molecule has 0 fully saturated rings. The molecule has 0 heterocycles. The normalized spacial score (nSPS) is 10.3. The molecule has 104 valence electrons. The van der Waals surface area contributed by atoms with Crippen LogP contribution in [0.3, 0.4) is 0 Å². The summed E-state index contributed by atoms with van der Waals surface area (Å²) in [6.07, 6.45) is 0. The Morgan fingerprint density at radius 3 is 2.45 bits per heavy atom. The van der Waals surface area contributed by atoms with Crippen LogP contribution in [0.2, 0.25) is 10.0 Å². The third-order valence-corrected chi connectivity index (χ3v) is 3.20. The van der Waals surface area contributed by atoms with E-state index < -0.39 is 5.91 Å². The first kappa shape index (κ1) is 14.6. The van der Waals surface area contributed by atoms with Crippen LogP contribution in [0.25, 0.3) is 0 Å². The lowest BCUT2D eigenvalue weighted by atomic mass is 10.1. The molecule has 2 aromatic carbocycles. The molecule has 0 atom stereocenters. The molecule has 0 saturated carbocycles. The Kier molecular flexibility index (Phi) is 4.47. The van der Waals surface area contributed by atoms with Gasteiger partial charge in [-0.2, -0.15) is 0 Å². The zero-order valence-corrected chi connectivity index (χ0v) is 11.8. The number of anilines is 1. The lowest BCUT2D eigenvalue weighted by molar-refractivity contribution is 0.0952. The minimum absolute atomic E-state index is 0.179. The number of nitrogen functional groups attached to an aromatic ring is 1. The minimum atomic E-state index is -0.409. The van der Waals surface area contributed by atoms with E-state index in [1.54, 1.807) is 12.1 Å². The molecular weight excluding hydrogens is 302 g/mol. The van der Waals surface area contributed by atoms with Crippen molar-refractivity contribution >= 4 is 34.8 Å². The average Bonchev–Trinajstić information content (AvgIpc) is 2.37. The Balaban J connectivity index is 2.11. The zero-order valence-electron chi connectivity index (χ0n) is 10.3. The molecule has 0 unspecified atom stereocenters. The molecule has 2 aromatic rings. The van der Waals surface area contributed by atoms with E-state index in [9.17, 15) is 9.18 Å². The molecule has 0 aliphatic heterocycles. The second-order valence-electron chi connectivity index (χ2n) is 4.16. The van der Waals surface area contributed by atoms with Crippen LogP contribution in [0.1, 0.15) is 15.9 Å². The van der Waals surface area contributed by atoms with E-state index in [1.165, 1.54) is 24.3 Å². The number of halogens is 3. The first-order valence-corrected chi connectivity index (χ1v) is 6.50. The molecule has 0 aliphatic carbocycles. The van der Waals surface area contributed by atoms with E-state index in [-0.39, 0.29) is 28.6 Å². The van der Waals surface area contributed by atoms with E-state index in [4.69, 9.17) is 28.9 Å². The molecule has 20 heavy (non-hydrogen) atoms. The van der Waals surface area contributed by atoms with Gasteiger partial charge in [0.2, 0.25) is 0 Å². The van der Waals surface area contributed by atoms with Crippen molar-refractivity contribution in [3.8, 4) is 0 Å². The van der Waals surface area contributed by atoms with Crippen molar-refractivity contribution in [3.05, 3.63) is 63.4 Å². The van der Waals surface area contributed by atoms with Gasteiger partial charge in [-0.3, -0.25) is 4.79 Å². The predicted molar refractivity (Wildman–Crippen MR) is 78.4 cm³/mol. The van der Waals surface area contributed by atoms with Crippen molar-refractivity contribution < 1.29 is 9.18 Å². The van der Waals surface area contributed by atoms with Gasteiger partial charge in [-0.15, -0.1) is 0 Å². The number of nitrogens with one attached hydrogen (secondary N) is 1. The minimum Gasteiger partial charge on any atom is -0.398 e. The number of amides is 1. The molecule has 0 bridgehead atoms. The molecular formula is C14H11Cl2FN2O. The lowest BCUT2D eigenvalue weighted by Gasteiger charge is -2.10. The SMILES string of the molecule is Nc1cc(Cl)cc(Cl)c1C(=O)NCc1ccc(F)cc1. The molecule has 0 radical (unpaired) electrons. The summed E-state index contributed by atoms with van der Waals surface area (Å²) in [5.74, 6) is -0.737. The van der Waals surface area contributed by atoms with Crippen LogP contribution in [0.4, 0.5) is 10.1 Å². The average molecular weight is 313 g/mol.